The monoisotopic (exact) mass is 300 g/mol. The van der Waals surface area contributed by atoms with Crippen LogP contribution in [0.4, 0.5) is 10.1 Å². The maximum absolute atomic E-state index is 13.8. The van der Waals surface area contributed by atoms with Gasteiger partial charge in [0.2, 0.25) is 10.0 Å². The Bertz CT molecular complexity index is 578. The van der Waals surface area contributed by atoms with Gasteiger partial charge in [-0.25, -0.2) is 12.8 Å². The number of halogens is 1. The normalized spacial score (nSPS) is 21.6. The van der Waals surface area contributed by atoms with Gasteiger partial charge in [-0.1, -0.05) is 12.8 Å². The zero-order chi connectivity index (χ0) is 14.9. The smallest absolute Gasteiger partial charge is 0.243 e. The second-order valence-electron chi connectivity index (χ2n) is 5.43. The van der Waals surface area contributed by atoms with Gasteiger partial charge >= 0.3 is 0 Å². The molecule has 112 valence electrons. The first kappa shape index (κ1) is 15.3. The summed E-state index contributed by atoms with van der Waals surface area (Å²) in [5.74, 6) is -0.578. The van der Waals surface area contributed by atoms with Crippen LogP contribution in [0.3, 0.4) is 0 Å². The first-order chi connectivity index (χ1) is 9.34. The van der Waals surface area contributed by atoms with Crippen molar-refractivity contribution in [3.05, 3.63) is 23.5 Å². The third kappa shape index (κ3) is 2.81. The second-order valence-corrected chi connectivity index (χ2v) is 7.32. The molecule has 1 aliphatic rings. The Morgan fingerprint density at radius 2 is 2.00 bits per heavy atom. The van der Waals surface area contributed by atoms with Crippen molar-refractivity contribution in [1.82, 2.24) is 4.31 Å². The van der Waals surface area contributed by atoms with Crippen LogP contribution in [0, 0.1) is 12.7 Å². The molecule has 0 saturated carbocycles. The molecule has 1 unspecified atom stereocenters. The highest BCUT2D eigenvalue weighted by atomic mass is 32.2. The summed E-state index contributed by atoms with van der Waals surface area (Å²) in [4.78, 5) is -0.0492. The summed E-state index contributed by atoms with van der Waals surface area (Å²) in [5, 5.41) is 0. The van der Waals surface area contributed by atoms with Crippen LogP contribution in [0.1, 0.15) is 38.2 Å². The van der Waals surface area contributed by atoms with Crippen molar-refractivity contribution in [2.45, 2.75) is 50.5 Å². The molecule has 1 fully saturated rings. The minimum Gasteiger partial charge on any atom is -0.398 e. The van der Waals surface area contributed by atoms with E-state index in [1.807, 2.05) is 6.92 Å². The van der Waals surface area contributed by atoms with E-state index in [0.29, 0.717) is 6.54 Å². The number of nitrogens with two attached hydrogens (primary N) is 1. The summed E-state index contributed by atoms with van der Waals surface area (Å²) >= 11 is 0. The quantitative estimate of drug-likeness (QED) is 0.854. The highest BCUT2D eigenvalue weighted by Gasteiger charge is 2.30. The summed E-state index contributed by atoms with van der Waals surface area (Å²) < 4.78 is 40.6. The minimum absolute atomic E-state index is 0.0492. The van der Waals surface area contributed by atoms with E-state index in [1.54, 1.807) is 0 Å². The summed E-state index contributed by atoms with van der Waals surface area (Å²) in [5.41, 5.74) is 6.15. The molecule has 1 aliphatic heterocycles. The van der Waals surface area contributed by atoms with Crippen LogP contribution < -0.4 is 5.73 Å². The molecule has 0 aromatic heterocycles. The van der Waals surface area contributed by atoms with Gasteiger partial charge in [0, 0.05) is 23.8 Å². The third-order valence-electron chi connectivity index (χ3n) is 3.96. The van der Waals surface area contributed by atoms with Gasteiger partial charge < -0.3 is 5.73 Å². The standard InChI is InChI=1S/C14H21FN2O2S/c1-10-6-4-3-5-7-17(10)20(18,19)12-8-13(15)11(2)14(16)9-12/h8-10H,3-7,16H2,1-2H3. The van der Waals surface area contributed by atoms with Gasteiger partial charge in [0.05, 0.1) is 4.90 Å². The van der Waals surface area contributed by atoms with E-state index >= 15 is 0 Å². The average molecular weight is 300 g/mol. The highest BCUT2D eigenvalue weighted by molar-refractivity contribution is 7.89. The molecular formula is C14H21FN2O2S. The van der Waals surface area contributed by atoms with Crippen molar-refractivity contribution < 1.29 is 12.8 Å². The Morgan fingerprint density at radius 3 is 2.65 bits per heavy atom. The van der Waals surface area contributed by atoms with Gasteiger partial charge in [0.25, 0.3) is 0 Å². The maximum atomic E-state index is 13.8. The van der Waals surface area contributed by atoms with Crippen molar-refractivity contribution >= 4 is 15.7 Å². The lowest BCUT2D eigenvalue weighted by Crippen LogP contribution is -2.38. The lowest BCUT2D eigenvalue weighted by molar-refractivity contribution is 0.342. The Kier molecular flexibility index (Phi) is 4.34. The van der Waals surface area contributed by atoms with Crippen LogP contribution in [0.25, 0.3) is 0 Å². The fraction of sp³-hybridized carbons (Fsp3) is 0.571. The van der Waals surface area contributed by atoms with Crippen LogP contribution in [-0.4, -0.2) is 25.3 Å². The van der Waals surface area contributed by atoms with E-state index in [0.717, 1.165) is 31.7 Å². The van der Waals surface area contributed by atoms with E-state index in [9.17, 15) is 12.8 Å². The van der Waals surface area contributed by atoms with Gasteiger partial charge in [-0.15, -0.1) is 0 Å². The summed E-state index contributed by atoms with van der Waals surface area (Å²) in [6, 6.07) is 2.36. The number of anilines is 1. The minimum atomic E-state index is -3.68. The third-order valence-corrected chi connectivity index (χ3v) is 5.95. The van der Waals surface area contributed by atoms with E-state index in [-0.39, 0.29) is 22.2 Å². The van der Waals surface area contributed by atoms with Crippen molar-refractivity contribution in [3.63, 3.8) is 0 Å². The first-order valence-electron chi connectivity index (χ1n) is 6.91. The van der Waals surface area contributed by atoms with E-state index in [1.165, 1.54) is 17.3 Å². The molecular weight excluding hydrogens is 279 g/mol. The molecule has 0 radical (unpaired) electrons. The van der Waals surface area contributed by atoms with Crippen molar-refractivity contribution in [2.75, 3.05) is 12.3 Å². The predicted molar refractivity (Wildman–Crippen MR) is 77.4 cm³/mol. The Morgan fingerprint density at radius 1 is 1.30 bits per heavy atom. The predicted octanol–water partition coefficient (Wildman–Crippen LogP) is 2.67. The van der Waals surface area contributed by atoms with Crippen molar-refractivity contribution in [3.8, 4) is 0 Å². The molecule has 6 heteroatoms. The van der Waals surface area contributed by atoms with E-state index in [2.05, 4.69) is 0 Å². The molecule has 4 nitrogen and oxygen atoms in total. The lowest BCUT2D eigenvalue weighted by atomic mass is 10.1. The lowest BCUT2D eigenvalue weighted by Gasteiger charge is -2.26. The number of hydrogen-bond donors (Lipinski definition) is 1. The van der Waals surface area contributed by atoms with E-state index in [4.69, 9.17) is 5.73 Å². The second kappa shape index (κ2) is 5.69. The molecule has 0 spiro atoms. The Balaban J connectivity index is 2.43. The molecule has 2 rings (SSSR count). The Labute approximate surface area is 119 Å². The number of nitrogens with zero attached hydrogens (tertiary/aromatic N) is 1. The summed E-state index contributed by atoms with van der Waals surface area (Å²) in [6.07, 6.45) is 3.73. The molecule has 2 N–H and O–H groups in total. The summed E-state index contributed by atoms with van der Waals surface area (Å²) in [7, 11) is -3.68. The van der Waals surface area contributed by atoms with Gasteiger partial charge in [0.15, 0.2) is 0 Å². The molecule has 0 amide bonds. The molecule has 0 aliphatic carbocycles. The molecule has 1 aromatic carbocycles. The fourth-order valence-corrected chi connectivity index (χ4v) is 4.31. The highest BCUT2D eigenvalue weighted by Crippen LogP contribution is 2.27. The first-order valence-corrected chi connectivity index (χ1v) is 8.35. The van der Waals surface area contributed by atoms with Gasteiger partial charge in [0.1, 0.15) is 5.82 Å². The van der Waals surface area contributed by atoms with E-state index < -0.39 is 15.8 Å². The van der Waals surface area contributed by atoms with Crippen molar-refractivity contribution in [1.29, 1.82) is 0 Å². The molecule has 1 heterocycles. The fourth-order valence-electron chi connectivity index (χ4n) is 2.56. The van der Waals surface area contributed by atoms with Gasteiger partial charge in [-0.2, -0.15) is 4.31 Å². The summed E-state index contributed by atoms with van der Waals surface area (Å²) in [6.45, 7) is 3.92. The van der Waals surface area contributed by atoms with Gasteiger partial charge in [-0.05, 0) is 38.8 Å². The average Bonchev–Trinajstić information content (AvgIpc) is 2.60. The number of rotatable bonds is 2. The number of hydrogen-bond acceptors (Lipinski definition) is 3. The zero-order valence-corrected chi connectivity index (χ0v) is 12.7. The number of nitrogen functional groups attached to an aromatic ring is 1. The zero-order valence-electron chi connectivity index (χ0n) is 11.9. The molecule has 1 saturated heterocycles. The van der Waals surface area contributed by atoms with Crippen molar-refractivity contribution in [2.24, 2.45) is 0 Å². The largest absolute Gasteiger partial charge is 0.398 e. The van der Waals surface area contributed by atoms with Crippen LogP contribution in [0.15, 0.2) is 17.0 Å². The van der Waals surface area contributed by atoms with Crippen LogP contribution in [-0.2, 0) is 10.0 Å². The topological polar surface area (TPSA) is 63.4 Å². The Hall–Kier alpha value is -1.14. The number of benzene rings is 1. The number of sulfonamides is 1. The molecule has 0 bridgehead atoms. The van der Waals surface area contributed by atoms with Crippen LogP contribution in [0.5, 0.6) is 0 Å². The van der Waals surface area contributed by atoms with Gasteiger partial charge in [-0.3, -0.25) is 0 Å². The molecule has 1 atom stereocenters. The molecule has 20 heavy (non-hydrogen) atoms. The van der Waals surface area contributed by atoms with Crippen LogP contribution in [0.2, 0.25) is 0 Å². The molecule has 1 aromatic rings. The maximum Gasteiger partial charge on any atom is 0.243 e. The van der Waals surface area contributed by atoms with Crippen LogP contribution >= 0.6 is 0 Å². The SMILES string of the molecule is Cc1c(N)cc(S(=O)(=O)N2CCCCCC2C)cc1F.